The number of rotatable bonds is 3. The molecule has 3 heterocycles. The van der Waals surface area contributed by atoms with Gasteiger partial charge in [0.1, 0.15) is 0 Å². The van der Waals surface area contributed by atoms with Gasteiger partial charge in [-0.25, -0.2) is 0 Å². The molecule has 2 fully saturated rings. The standard InChI is InChI=1S/C17H26N2O2/c1-2-14-5-6-15(18-12-14)13-19-9-7-17(8-10-19)16(20)4-3-11-21-17/h5-6,12,16,20H,2-4,7-11,13H2,1H3/t16-/m0/s1. The van der Waals surface area contributed by atoms with Crippen LogP contribution in [0.4, 0.5) is 0 Å². The molecule has 3 rings (SSSR count). The maximum Gasteiger partial charge on any atom is 0.0964 e. The second kappa shape index (κ2) is 6.42. The van der Waals surface area contributed by atoms with E-state index in [1.54, 1.807) is 0 Å². The highest BCUT2D eigenvalue weighted by molar-refractivity contribution is 5.14. The minimum absolute atomic E-state index is 0.270. The van der Waals surface area contributed by atoms with Gasteiger partial charge >= 0.3 is 0 Å². The molecule has 4 heteroatoms. The van der Waals surface area contributed by atoms with Gasteiger partial charge in [-0.2, -0.15) is 0 Å². The summed E-state index contributed by atoms with van der Waals surface area (Å²) in [6, 6.07) is 4.30. The Morgan fingerprint density at radius 3 is 2.81 bits per heavy atom. The number of pyridine rings is 1. The SMILES string of the molecule is CCc1ccc(CN2CCC3(CC2)OCCC[C@@H]3O)nc1. The molecule has 0 radical (unpaired) electrons. The lowest BCUT2D eigenvalue weighted by Crippen LogP contribution is -2.55. The van der Waals surface area contributed by atoms with E-state index < -0.39 is 0 Å². The molecule has 21 heavy (non-hydrogen) atoms. The quantitative estimate of drug-likeness (QED) is 0.926. The molecular weight excluding hydrogens is 264 g/mol. The Balaban J connectivity index is 1.55. The Bertz CT molecular complexity index is 452. The molecule has 0 aliphatic carbocycles. The van der Waals surface area contributed by atoms with E-state index in [4.69, 9.17) is 4.74 Å². The molecule has 0 aromatic carbocycles. The zero-order valence-corrected chi connectivity index (χ0v) is 12.9. The molecule has 116 valence electrons. The lowest BCUT2D eigenvalue weighted by Gasteiger charge is -2.46. The molecule has 1 N–H and O–H groups in total. The van der Waals surface area contributed by atoms with Gasteiger partial charge < -0.3 is 9.84 Å². The molecule has 1 aromatic rings. The summed E-state index contributed by atoms with van der Waals surface area (Å²) < 4.78 is 5.96. The van der Waals surface area contributed by atoms with E-state index in [9.17, 15) is 5.11 Å². The number of hydrogen-bond acceptors (Lipinski definition) is 4. The van der Waals surface area contributed by atoms with E-state index >= 15 is 0 Å². The fraction of sp³-hybridized carbons (Fsp3) is 0.706. The van der Waals surface area contributed by atoms with Gasteiger partial charge in [0, 0.05) is 32.4 Å². The smallest absolute Gasteiger partial charge is 0.0964 e. The van der Waals surface area contributed by atoms with E-state index in [1.165, 1.54) is 5.56 Å². The number of piperidine rings is 1. The summed E-state index contributed by atoms with van der Waals surface area (Å²) in [7, 11) is 0. The predicted molar refractivity (Wildman–Crippen MR) is 82.0 cm³/mol. The number of aromatic nitrogens is 1. The lowest BCUT2D eigenvalue weighted by atomic mass is 9.82. The van der Waals surface area contributed by atoms with Crippen molar-refractivity contribution < 1.29 is 9.84 Å². The summed E-state index contributed by atoms with van der Waals surface area (Å²) in [5.74, 6) is 0. The normalized spacial score (nSPS) is 26.1. The largest absolute Gasteiger partial charge is 0.390 e. The first-order valence-corrected chi connectivity index (χ1v) is 8.20. The monoisotopic (exact) mass is 290 g/mol. The van der Waals surface area contributed by atoms with Crippen LogP contribution in [-0.2, 0) is 17.7 Å². The Hall–Kier alpha value is -0.970. The van der Waals surface area contributed by atoms with Crippen molar-refractivity contribution in [2.75, 3.05) is 19.7 Å². The Morgan fingerprint density at radius 2 is 2.19 bits per heavy atom. The third-order valence-electron chi connectivity index (χ3n) is 5.00. The highest BCUT2D eigenvalue weighted by atomic mass is 16.5. The lowest BCUT2D eigenvalue weighted by molar-refractivity contribution is -0.177. The molecular formula is C17H26N2O2. The van der Waals surface area contributed by atoms with E-state index in [2.05, 4.69) is 28.9 Å². The minimum atomic E-state index is -0.282. The van der Waals surface area contributed by atoms with Crippen molar-refractivity contribution in [1.29, 1.82) is 0 Å². The van der Waals surface area contributed by atoms with Crippen LogP contribution in [0.15, 0.2) is 18.3 Å². The van der Waals surface area contributed by atoms with Crippen molar-refractivity contribution in [3.05, 3.63) is 29.6 Å². The first-order chi connectivity index (χ1) is 10.2. The van der Waals surface area contributed by atoms with Crippen molar-refractivity contribution in [1.82, 2.24) is 9.88 Å². The van der Waals surface area contributed by atoms with Gasteiger partial charge in [-0.3, -0.25) is 9.88 Å². The summed E-state index contributed by atoms with van der Waals surface area (Å²) in [5.41, 5.74) is 2.15. The maximum atomic E-state index is 10.3. The number of aryl methyl sites for hydroxylation is 1. The van der Waals surface area contributed by atoms with Crippen molar-refractivity contribution >= 4 is 0 Å². The maximum absolute atomic E-state index is 10.3. The summed E-state index contributed by atoms with van der Waals surface area (Å²) in [6.07, 6.45) is 6.47. The molecule has 1 spiro atoms. The average molecular weight is 290 g/mol. The van der Waals surface area contributed by atoms with Crippen molar-refractivity contribution in [3.63, 3.8) is 0 Å². The molecule has 0 amide bonds. The second-order valence-electron chi connectivity index (χ2n) is 6.36. The second-order valence-corrected chi connectivity index (χ2v) is 6.36. The molecule has 2 aliphatic heterocycles. The number of aliphatic hydroxyl groups is 1. The van der Waals surface area contributed by atoms with Crippen LogP contribution < -0.4 is 0 Å². The van der Waals surface area contributed by atoms with E-state index in [1.807, 2.05) is 6.20 Å². The summed E-state index contributed by atoms with van der Waals surface area (Å²) >= 11 is 0. The first-order valence-electron chi connectivity index (χ1n) is 8.20. The number of aliphatic hydroxyl groups excluding tert-OH is 1. The van der Waals surface area contributed by atoms with Gasteiger partial charge in [-0.05, 0) is 43.7 Å². The molecule has 2 aliphatic rings. The Kier molecular flexibility index (Phi) is 4.57. The number of likely N-dealkylation sites (tertiary alicyclic amines) is 1. The zero-order valence-electron chi connectivity index (χ0n) is 12.9. The highest BCUT2D eigenvalue weighted by Gasteiger charge is 2.43. The average Bonchev–Trinajstić information content (AvgIpc) is 2.53. The molecule has 4 nitrogen and oxygen atoms in total. The summed E-state index contributed by atoms with van der Waals surface area (Å²) in [5, 5.41) is 10.3. The van der Waals surface area contributed by atoms with E-state index in [-0.39, 0.29) is 11.7 Å². The number of nitrogens with zero attached hydrogens (tertiary/aromatic N) is 2. The molecule has 2 saturated heterocycles. The topological polar surface area (TPSA) is 45.6 Å². The molecule has 1 atom stereocenters. The summed E-state index contributed by atoms with van der Waals surface area (Å²) in [6.45, 7) is 5.81. The molecule has 0 bridgehead atoms. The third-order valence-corrected chi connectivity index (χ3v) is 5.00. The Labute approximate surface area is 127 Å². The van der Waals surface area contributed by atoms with E-state index in [0.717, 1.165) is 64.0 Å². The van der Waals surface area contributed by atoms with Crippen LogP contribution in [0.1, 0.15) is 43.9 Å². The van der Waals surface area contributed by atoms with E-state index in [0.29, 0.717) is 0 Å². The third kappa shape index (κ3) is 3.28. The zero-order chi connectivity index (χ0) is 14.7. The van der Waals surface area contributed by atoms with Crippen molar-refractivity contribution in [2.45, 2.75) is 57.3 Å². The van der Waals surface area contributed by atoms with Gasteiger partial charge in [0.15, 0.2) is 0 Å². The molecule has 1 aromatic heterocycles. The van der Waals surface area contributed by atoms with Crippen molar-refractivity contribution in [2.24, 2.45) is 0 Å². The van der Waals surface area contributed by atoms with Crippen LogP contribution in [-0.4, -0.2) is 46.4 Å². The van der Waals surface area contributed by atoms with Crippen LogP contribution in [0.25, 0.3) is 0 Å². The van der Waals surface area contributed by atoms with Crippen LogP contribution in [0.5, 0.6) is 0 Å². The van der Waals surface area contributed by atoms with Crippen LogP contribution >= 0.6 is 0 Å². The number of ether oxygens (including phenoxy) is 1. The summed E-state index contributed by atoms with van der Waals surface area (Å²) in [4.78, 5) is 6.96. The molecule has 0 saturated carbocycles. The molecule has 0 unspecified atom stereocenters. The van der Waals surface area contributed by atoms with Gasteiger partial charge in [-0.1, -0.05) is 13.0 Å². The van der Waals surface area contributed by atoms with Gasteiger partial charge in [0.05, 0.1) is 17.4 Å². The fourth-order valence-corrected chi connectivity index (χ4v) is 3.47. The fourth-order valence-electron chi connectivity index (χ4n) is 3.47. The van der Waals surface area contributed by atoms with Crippen molar-refractivity contribution in [3.8, 4) is 0 Å². The van der Waals surface area contributed by atoms with Crippen LogP contribution in [0.3, 0.4) is 0 Å². The highest BCUT2D eigenvalue weighted by Crippen LogP contribution is 2.35. The minimum Gasteiger partial charge on any atom is -0.390 e. The number of hydrogen-bond donors (Lipinski definition) is 1. The van der Waals surface area contributed by atoms with Gasteiger partial charge in [0.25, 0.3) is 0 Å². The van der Waals surface area contributed by atoms with Gasteiger partial charge in [-0.15, -0.1) is 0 Å². The Morgan fingerprint density at radius 1 is 1.38 bits per heavy atom. The first kappa shape index (κ1) is 14.9. The van der Waals surface area contributed by atoms with Gasteiger partial charge in [0.2, 0.25) is 0 Å². The van der Waals surface area contributed by atoms with Crippen LogP contribution in [0, 0.1) is 0 Å². The predicted octanol–water partition coefficient (Wildman–Crippen LogP) is 2.15. The van der Waals surface area contributed by atoms with Crippen LogP contribution in [0.2, 0.25) is 0 Å².